The molecule has 8 heteroatoms. The molecule has 0 fully saturated rings. The van der Waals surface area contributed by atoms with Crippen LogP contribution in [0.4, 0.5) is 5.13 Å². The number of thiazole rings is 1. The number of phenolic OH excluding ortho intramolecular Hbond substituents is 2. The lowest BCUT2D eigenvalue weighted by molar-refractivity contribution is -0.120. The number of aromatic nitrogens is 1. The highest BCUT2D eigenvalue weighted by Crippen LogP contribution is 2.25. The van der Waals surface area contributed by atoms with Gasteiger partial charge in [0.05, 0.1) is 22.9 Å². The Hall–Kier alpha value is -3.13. The number of fused-ring (bicyclic) bond motifs is 1. The highest BCUT2D eigenvalue weighted by Gasteiger charge is 2.06. The average molecular weight is 342 g/mol. The number of carbonyl (C=O) groups is 1. The van der Waals surface area contributed by atoms with Crippen LogP contribution in [0.15, 0.2) is 41.5 Å². The largest absolute Gasteiger partial charge is 0.504 e. The van der Waals surface area contributed by atoms with Crippen LogP contribution in [0.3, 0.4) is 0 Å². The normalized spacial score (nSPS) is 11.2. The summed E-state index contributed by atoms with van der Waals surface area (Å²) >= 11 is 1.37. The number of carbonyl (C=O) groups excluding carboxylic acids is 1. The Morgan fingerprint density at radius 3 is 2.88 bits per heavy atom. The molecule has 0 unspecified atom stereocenters. The molecule has 2 aromatic carbocycles. The van der Waals surface area contributed by atoms with Gasteiger partial charge in [-0.1, -0.05) is 17.4 Å². The van der Waals surface area contributed by atoms with Crippen LogP contribution in [0.2, 0.25) is 0 Å². The minimum Gasteiger partial charge on any atom is -0.504 e. The SMILES string of the molecule is Nc1nc2ccc(CC(=O)N/N=C\c3ccc(O)c(O)c3)cc2s1. The van der Waals surface area contributed by atoms with Crippen molar-refractivity contribution in [3.8, 4) is 11.5 Å². The molecule has 1 aromatic heterocycles. The molecule has 0 saturated heterocycles. The smallest absolute Gasteiger partial charge is 0.244 e. The van der Waals surface area contributed by atoms with Crippen LogP contribution in [0.25, 0.3) is 10.2 Å². The lowest BCUT2D eigenvalue weighted by Crippen LogP contribution is -2.19. The number of aromatic hydroxyl groups is 2. The first kappa shape index (κ1) is 15.8. The second-order valence-electron chi connectivity index (χ2n) is 5.07. The monoisotopic (exact) mass is 342 g/mol. The van der Waals surface area contributed by atoms with Gasteiger partial charge in [-0.2, -0.15) is 5.10 Å². The lowest BCUT2D eigenvalue weighted by Gasteiger charge is -2.01. The van der Waals surface area contributed by atoms with Gasteiger partial charge in [0, 0.05) is 0 Å². The molecule has 0 bridgehead atoms. The molecule has 24 heavy (non-hydrogen) atoms. The van der Waals surface area contributed by atoms with Gasteiger partial charge in [-0.15, -0.1) is 0 Å². The van der Waals surface area contributed by atoms with Gasteiger partial charge in [-0.25, -0.2) is 10.4 Å². The van der Waals surface area contributed by atoms with E-state index in [4.69, 9.17) is 5.73 Å². The summed E-state index contributed by atoms with van der Waals surface area (Å²) in [7, 11) is 0. The maximum atomic E-state index is 11.9. The Morgan fingerprint density at radius 2 is 2.08 bits per heavy atom. The Balaban J connectivity index is 1.61. The third kappa shape index (κ3) is 3.61. The predicted octanol–water partition coefficient (Wildman–Crippen LogP) is 1.98. The van der Waals surface area contributed by atoms with Gasteiger partial charge < -0.3 is 15.9 Å². The second kappa shape index (κ2) is 6.55. The van der Waals surface area contributed by atoms with E-state index in [1.165, 1.54) is 29.7 Å². The Morgan fingerprint density at radius 1 is 1.25 bits per heavy atom. The quantitative estimate of drug-likeness (QED) is 0.328. The molecule has 0 spiro atoms. The van der Waals surface area contributed by atoms with Gasteiger partial charge in [-0.05, 0) is 41.5 Å². The highest BCUT2D eigenvalue weighted by molar-refractivity contribution is 7.22. The number of hydrazone groups is 1. The van der Waals surface area contributed by atoms with Crippen molar-refractivity contribution in [2.45, 2.75) is 6.42 Å². The fourth-order valence-corrected chi connectivity index (χ4v) is 2.92. The molecular weight excluding hydrogens is 328 g/mol. The fourth-order valence-electron chi connectivity index (χ4n) is 2.12. The van der Waals surface area contributed by atoms with E-state index in [1.807, 2.05) is 18.2 Å². The van der Waals surface area contributed by atoms with Crippen molar-refractivity contribution in [3.63, 3.8) is 0 Å². The molecule has 5 N–H and O–H groups in total. The van der Waals surface area contributed by atoms with E-state index < -0.39 is 0 Å². The van der Waals surface area contributed by atoms with Gasteiger partial charge in [0.1, 0.15) is 0 Å². The number of anilines is 1. The zero-order valence-corrected chi connectivity index (χ0v) is 13.2. The summed E-state index contributed by atoms with van der Waals surface area (Å²) in [5.41, 5.74) is 10.3. The molecule has 0 saturated carbocycles. The van der Waals surface area contributed by atoms with Crippen LogP contribution in [0.1, 0.15) is 11.1 Å². The van der Waals surface area contributed by atoms with Gasteiger partial charge in [-0.3, -0.25) is 4.79 Å². The number of hydrogen-bond donors (Lipinski definition) is 4. The zero-order chi connectivity index (χ0) is 17.1. The molecule has 1 amide bonds. The number of rotatable bonds is 4. The first-order valence-corrected chi connectivity index (χ1v) is 7.82. The third-order valence-electron chi connectivity index (χ3n) is 3.24. The number of nitrogens with zero attached hydrogens (tertiary/aromatic N) is 2. The van der Waals surface area contributed by atoms with E-state index >= 15 is 0 Å². The maximum absolute atomic E-state index is 11.9. The molecule has 3 aromatic rings. The summed E-state index contributed by atoms with van der Waals surface area (Å²) in [5, 5.41) is 22.9. The number of benzene rings is 2. The topological polar surface area (TPSA) is 121 Å². The van der Waals surface area contributed by atoms with Crippen molar-refractivity contribution in [1.82, 2.24) is 10.4 Å². The molecule has 3 rings (SSSR count). The van der Waals surface area contributed by atoms with Crippen LogP contribution >= 0.6 is 11.3 Å². The zero-order valence-electron chi connectivity index (χ0n) is 12.4. The van der Waals surface area contributed by atoms with Crippen molar-refractivity contribution in [2.24, 2.45) is 5.10 Å². The van der Waals surface area contributed by atoms with E-state index in [1.54, 1.807) is 6.07 Å². The number of nitrogens with one attached hydrogen (secondary N) is 1. The fraction of sp³-hybridized carbons (Fsp3) is 0.0625. The van der Waals surface area contributed by atoms with Crippen molar-refractivity contribution >= 4 is 38.8 Å². The molecule has 0 radical (unpaired) electrons. The van der Waals surface area contributed by atoms with E-state index in [-0.39, 0.29) is 23.8 Å². The molecule has 0 aliphatic rings. The van der Waals surface area contributed by atoms with Crippen molar-refractivity contribution in [1.29, 1.82) is 0 Å². The van der Waals surface area contributed by atoms with Crippen LogP contribution in [0, 0.1) is 0 Å². The van der Waals surface area contributed by atoms with Crippen LogP contribution < -0.4 is 11.2 Å². The van der Waals surface area contributed by atoms with Gasteiger partial charge in [0.25, 0.3) is 0 Å². The number of nitrogens with two attached hydrogens (primary N) is 1. The Labute approximate surface area is 141 Å². The summed E-state index contributed by atoms with van der Waals surface area (Å²) in [6.07, 6.45) is 1.55. The summed E-state index contributed by atoms with van der Waals surface area (Å²) in [4.78, 5) is 16.1. The van der Waals surface area contributed by atoms with Crippen molar-refractivity contribution in [3.05, 3.63) is 47.5 Å². The minimum absolute atomic E-state index is 0.173. The average Bonchev–Trinajstić information content (AvgIpc) is 2.90. The van der Waals surface area contributed by atoms with Crippen molar-refractivity contribution in [2.75, 3.05) is 5.73 Å². The van der Waals surface area contributed by atoms with Crippen LogP contribution in [-0.4, -0.2) is 27.3 Å². The first-order valence-electron chi connectivity index (χ1n) is 7.00. The summed E-state index contributed by atoms with van der Waals surface area (Å²) < 4.78 is 0.931. The molecule has 0 aliphatic heterocycles. The first-order chi connectivity index (χ1) is 11.5. The van der Waals surface area contributed by atoms with E-state index in [9.17, 15) is 15.0 Å². The molecule has 0 atom stereocenters. The molecular formula is C16H14N4O3S. The van der Waals surface area contributed by atoms with Gasteiger partial charge in [0.15, 0.2) is 16.6 Å². The Kier molecular flexibility index (Phi) is 4.30. The van der Waals surface area contributed by atoms with E-state index in [0.717, 1.165) is 15.8 Å². The molecule has 1 heterocycles. The standard InChI is InChI=1S/C16H14N4O3S/c17-16-19-11-3-1-9(6-14(11)24-16)7-15(23)20-18-8-10-2-4-12(21)13(22)5-10/h1-6,8,21-22H,7H2,(H2,17,19)(H,20,23)/b18-8-. The molecule has 7 nitrogen and oxygen atoms in total. The number of phenols is 2. The van der Waals surface area contributed by atoms with E-state index in [2.05, 4.69) is 15.5 Å². The number of hydrogen-bond acceptors (Lipinski definition) is 7. The van der Waals surface area contributed by atoms with Crippen LogP contribution in [0.5, 0.6) is 11.5 Å². The summed E-state index contributed by atoms with van der Waals surface area (Å²) in [6.45, 7) is 0. The second-order valence-corrected chi connectivity index (χ2v) is 6.13. The van der Waals surface area contributed by atoms with Gasteiger partial charge >= 0.3 is 0 Å². The third-order valence-corrected chi connectivity index (χ3v) is 4.08. The minimum atomic E-state index is -0.272. The van der Waals surface area contributed by atoms with E-state index in [0.29, 0.717) is 10.7 Å². The maximum Gasteiger partial charge on any atom is 0.244 e. The highest BCUT2D eigenvalue weighted by atomic mass is 32.1. The molecule has 0 aliphatic carbocycles. The Bertz CT molecular complexity index is 936. The van der Waals surface area contributed by atoms with Gasteiger partial charge in [0.2, 0.25) is 5.91 Å². The number of nitrogen functional groups attached to an aromatic ring is 1. The molecule has 122 valence electrons. The van der Waals surface area contributed by atoms with Crippen LogP contribution in [-0.2, 0) is 11.2 Å². The summed E-state index contributed by atoms with van der Waals surface area (Å²) in [5.74, 6) is -0.733. The summed E-state index contributed by atoms with van der Waals surface area (Å²) in [6, 6.07) is 9.77. The lowest BCUT2D eigenvalue weighted by atomic mass is 10.1. The number of amides is 1. The van der Waals surface area contributed by atoms with Crippen molar-refractivity contribution < 1.29 is 15.0 Å². The predicted molar refractivity (Wildman–Crippen MR) is 93.2 cm³/mol.